The summed E-state index contributed by atoms with van der Waals surface area (Å²) in [6, 6.07) is 0. The first-order valence-corrected chi connectivity index (χ1v) is 15.6. The predicted octanol–water partition coefficient (Wildman–Crippen LogP) is 5.91. The summed E-state index contributed by atoms with van der Waals surface area (Å²) < 4.78 is 17.9. The number of aliphatic hydroxyl groups excluding tert-OH is 1. The lowest BCUT2D eigenvalue weighted by molar-refractivity contribution is -0.237. The number of cyclic esters (lactones) is 1. The highest BCUT2D eigenvalue weighted by Gasteiger charge is 2.70. The first kappa shape index (κ1) is 29.6. The minimum Gasteiger partial charge on any atom is -0.462 e. The van der Waals surface area contributed by atoms with Gasteiger partial charge in [-0.2, -0.15) is 0 Å². The highest BCUT2D eigenvalue weighted by atomic mass is 16.6. The summed E-state index contributed by atoms with van der Waals surface area (Å²) in [4.78, 5) is 38.5. The van der Waals surface area contributed by atoms with Gasteiger partial charge in [0.15, 0.2) is 0 Å². The smallest absolute Gasteiger partial charge is 0.335 e. The Kier molecular flexibility index (Phi) is 7.28. The molecule has 0 radical (unpaired) electrons. The van der Waals surface area contributed by atoms with Crippen LogP contribution >= 0.6 is 0 Å². The molecule has 1 heterocycles. The fraction of sp³-hybridized carbons (Fsp3) is 0.848. The van der Waals surface area contributed by atoms with Crippen molar-refractivity contribution in [2.24, 2.45) is 39.4 Å². The second kappa shape index (κ2) is 9.84. The molecule has 1 N–H and O–H groups in total. The Labute approximate surface area is 239 Å². The van der Waals surface area contributed by atoms with Crippen molar-refractivity contribution in [3.63, 3.8) is 0 Å². The zero-order chi connectivity index (χ0) is 29.4. The third-order valence-electron chi connectivity index (χ3n) is 12.8. The molecule has 3 fully saturated rings. The first-order chi connectivity index (χ1) is 18.6. The molecule has 0 aromatic heterocycles. The van der Waals surface area contributed by atoms with E-state index in [0.717, 1.165) is 56.1 Å². The average Bonchev–Trinajstić information content (AvgIpc) is 3.13. The van der Waals surface area contributed by atoms with Crippen LogP contribution in [0.4, 0.5) is 0 Å². The van der Waals surface area contributed by atoms with Gasteiger partial charge in [0, 0.05) is 23.3 Å². The molecule has 4 aliphatic carbocycles. The fourth-order valence-electron chi connectivity index (χ4n) is 11.0. The van der Waals surface area contributed by atoms with Crippen molar-refractivity contribution in [3.05, 3.63) is 11.1 Å². The highest BCUT2D eigenvalue weighted by Crippen LogP contribution is 2.74. The van der Waals surface area contributed by atoms with Gasteiger partial charge in [-0.05, 0) is 99.9 Å². The molecule has 0 saturated heterocycles. The van der Waals surface area contributed by atoms with Crippen LogP contribution < -0.4 is 0 Å². The molecule has 3 saturated carbocycles. The number of rotatable bonds is 5. The van der Waals surface area contributed by atoms with Crippen LogP contribution in [0.1, 0.15) is 113 Å². The van der Waals surface area contributed by atoms with Gasteiger partial charge >= 0.3 is 17.9 Å². The van der Waals surface area contributed by atoms with E-state index in [0.29, 0.717) is 12.3 Å². The van der Waals surface area contributed by atoms with Crippen LogP contribution in [0.25, 0.3) is 0 Å². The number of hydrogen-bond acceptors (Lipinski definition) is 7. The quantitative estimate of drug-likeness (QED) is 0.331. The summed E-state index contributed by atoms with van der Waals surface area (Å²) in [6.07, 6.45) is 5.97. The van der Waals surface area contributed by atoms with E-state index in [1.165, 1.54) is 6.92 Å². The molecule has 7 nitrogen and oxygen atoms in total. The van der Waals surface area contributed by atoms with Gasteiger partial charge in [0.05, 0.1) is 12.5 Å². The Morgan fingerprint density at radius 3 is 2.35 bits per heavy atom. The number of ether oxygens (including phenoxy) is 3. The summed E-state index contributed by atoms with van der Waals surface area (Å²) >= 11 is 0. The third kappa shape index (κ3) is 4.19. The molecule has 2 unspecified atom stereocenters. The molecular weight excluding hydrogens is 508 g/mol. The van der Waals surface area contributed by atoms with Gasteiger partial charge in [-0.3, -0.25) is 9.59 Å². The van der Waals surface area contributed by atoms with Gasteiger partial charge in [-0.1, -0.05) is 34.1 Å². The monoisotopic (exact) mass is 558 g/mol. The maximum absolute atomic E-state index is 13.4. The molecule has 11 atom stereocenters. The lowest BCUT2D eigenvalue weighted by atomic mass is 9.34. The van der Waals surface area contributed by atoms with Crippen molar-refractivity contribution in [3.8, 4) is 0 Å². The van der Waals surface area contributed by atoms with Crippen LogP contribution in [0.2, 0.25) is 0 Å². The van der Waals surface area contributed by atoms with E-state index in [1.807, 2.05) is 6.92 Å². The minimum absolute atomic E-state index is 0.0250. The van der Waals surface area contributed by atoms with Crippen molar-refractivity contribution >= 4 is 17.9 Å². The van der Waals surface area contributed by atoms with Gasteiger partial charge in [-0.25, -0.2) is 4.79 Å². The molecular formula is C33H50O7. The van der Waals surface area contributed by atoms with Crippen LogP contribution in [0.3, 0.4) is 0 Å². The number of fused-ring (bicyclic) bond motifs is 6. The highest BCUT2D eigenvalue weighted by molar-refractivity contribution is 5.94. The van der Waals surface area contributed by atoms with E-state index in [9.17, 15) is 19.5 Å². The molecule has 0 aromatic rings. The Morgan fingerprint density at radius 2 is 1.70 bits per heavy atom. The normalized spacial score (nSPS) is 45.7. The summed E-state index contributed by atoms with van der Waals surface area (Å²) in [5.41, 5.74) is 0.981. The maximum atomic E-state index is 13.4. The van der Waals surface area contributed by atoms with Crippen molar-refractivity contribution in [1.82, 2.24) is 0 Å². The second-order valence-electron chi connectivity index (χ2n) is 14.9. The molecule has 5 aliphatic rings. The summed E-state index contributed by atoms with van der Waals surface area (Å²) in [7, 11) is 0. The topological polar surface area (TPSA) is 99.1 Å². The number of hydrogen-bond donors (Lipinski definition) is 1. The van der Waals surface area contributed by atoms with Gasteiger partial charge in [0.25, 0.3) is 0 Å². The van der Waals surface area contributed by atoms with Gasteiger partial charge in [0.1, 0.15) is 18.3 Å². The van der Waals surface area contributed by atoms with Gasteiger partial charge in [0.2, 0.25) is 0 Å². The van der Waals surface area contributed by atoms with E-state index in [4.69, 9.17) is 14.2 Å². The standard InChI is InChI=1S/C33H50O7/c1-18(34)16-27(36)40-26-17-25-31(6)14-9-13-30(5,20(3)39-21(4)35)23(31)12-15-32(25,7)24-11-10-22-19(2)38-29(37)28(22)33(24,26)8/h18-20,23-26,34H,9-17H2,1-8H3/t18?,19-,20?,23+,24+,25-,26+,30-,31+,32+,33-/m1/s1. The van der Waals surface area contributed by atoms with E-state index < -0.39 is 23.6 Å². The summed E-state index contributed by atoms with van der Waals surface area (Å²) in [5.74, 6) is -0.0870. The molecule has 40 heavy (non-hydrogen) atoms. The molecule has 224 valence electrons. The van der Waals surface area contributed by atoms with E-state index in [2.05, 4.69) is 34.6 Å². The number of carbonyl (C=O) groups excluding carboxylic acids is 3. The minimum atomic E-state index is -0.791. The van der Waals surface area contributed by atoms with Crippen molar-refractivity contribution in [2.45, 2.75) is 138 Å². The van der Waals surface area contributed by atoms with Gasteiger partial charge < -0.3 is 19.3 Å². The van der Waals surface area contributed by atoms with E-state index in [1.54, 1.807) is 6.92 Å². The second-order valence-corrected chi connectivity index (χ2v) is 14.9. The zero-order valence-electron chi connectivity index (χ0n) is 25.8. The SMILES string of the molecule is CC(=O)OC(C)[C@@]1(C)CCC[C@]2(C)[C@H]3C[C@H](OC(=O)CC(C)O)[C@]4(C)C5=C(CC[C@H]4[C@]3(C)CC[C@H]21)[C@@H](C)OC5=O. The lowest BCUT2D eigenvalue weighted by Gasteiger charge is -2.70. The van der Waals surface area contributed by atoms with Crippen LogP contribution in [-0.4, -0.2) is 47.4 Å². The van der Waals surface area contributed by atoms with Crippen molar-refractivity contribution < 1.29 is 33.7 Å². The number of carbonyl (C=O) groups is 3. The predicted molar refractivity (Wildman–Crippen MR) is 150 cm³/mol. The molecule has 0 aromatic carbocycles. The van der Waals surface area contributed by atoms with Crippen LogP contribution in [0.15, 0.2) is 11.1 Å². The molecule has 0 amide bonds. The molecule has 7 heteroatoms. The van der Waals surface area contributed by atoms with Crippen molar-refractivity contribution in [1.29, 1.82) is 0 Å². The van der Waals surface area contributed by atoms with Crippen LogP contribution in [0.5, 0.6) is 0 Å². The summed E-state index contributed by atoms with van der Waals surface area (Å²) in [5, 5.41) is 9.95. The Balaban J connectivity index is 1.59. The number of esters is 3. The summed E-state index contributed by atoms with van der Waals surface area (Å²) in [6.45, 7) is 16.4. The van der Waals surface area contributed by atoms with Gasteiger partial charge in [-0.15, -0.1) is 0 Å². The number of aliphatic hydroxyl groups is 1. The molecule has 0 spiro atoms. The van der Waals surface area contributed by atoms with Crippen LogP contribution in [0, 0.1) is 39.4 Å². The zero-order valence-corrected chi connectivity index (χ0v) is 25.8. The molecule has 5 rings (SSSR count). The maximum Gasteiger partial charge on any atom is 0.335 e. The average molecular weight is 559 g/mol. The Hall–Kier alpha value is -1.89. The van der Waals surface area contributed by atoms with Crippen LogP contribution in [-0.2, 0) is 28.6 Å². The lowest BCUT2D eigenvalue weighted by Crippen LogP contribution is -2.67. The van der Waals surface area contributed by atoms with E-state index in [-0.39, 0.29) is 58.6 Å². The van der Waals surface area contributed by atoms with E-state index >= 15 is 0 Å². The Bertz CT molecular complexity index is 1110. The van der Waals surface area contributed by atoms with Crippen molar-refractivity contribution in [2.75, 3.05) is 0 Å². The molecule has 0 bridgehead atoms. The largest absolute Gasteiger partial charge is 0.462 e. The first-order valence-electron chi connectivity index (χ1n) is 15.6. The Morgan fingerprint density at radius 1 is 1.02 bits per heavy atom. The molecule has 1 aliphatic heterocycles. The third-order valence-corrected chi connectivity index (χ3v) is 12.8. The fourth-order valence-corrected chi connectivity index (χ4v) is 11.0.